The molecule has 4 rings (SSSR count). The van der Waals surface area contributed by atoms with Crippen molar-refractivity contribution in [3.8, 4) is 16.9 Å². The van der Waals surface area contributed by atoms with Gasteiger partial charge in [-0.2, -0.15) is 5.10 Å². The third-order valence-corrected chi connectivity index (χ3v) is 4.97. The van der Waals surface area contributed by atoms with Gasteiger partial charge >= 0.3 is 0 Å². The number of aromatic nitrogens is 2. The van der Waals surface area contributed by atoms with Gasteiger partial charge in [-0.15, -0.1) is 0 Å². The highest BCUT2D eigenvalue weighted by Crippen LogP contribution is 2.25. The van der Waals surface area contributed by atoms with Gasteiger partial charge in [0.25, 0.3) is 5.91 Å². The van der Waals surface area contributed by atoms with Gasteiger partial charge in [-0.25, -0.2) is 9.07 Å². The van der Waals surface area contributed by atoms with Crippen LogP contribution in [0.3, 0.4) is 0 Å². The van der Waals surface area contributed by atoms with Crippen LogP contribution in [0.25, 0.3) is 16.9 Å². The Labute approximate surface area is 175 Å². The van der Waals surface area contributed by atoms with E-state index in [2.05, 4.69) is 10.4 Å². The third-order valence-electron chi connectivity index (χ3n) is 4.97. The van der Waals surface area contributed by atoms with Gasteiger partial charge in [0.2, 0.25) is 0 Å². The zero-order valence-corrected chi connectivity index (χ0v) is 16.9. The van der Waals surface area contributed by atoms with Crippen LogP contribution in [0.4, 0.5) is 4.39 Å². The first-order chi connectivity index (χ1) is 14.5. The van der Waals surface area contributed by atoms with Crippen LogP contribution >= 0.6 is 0 Å². The number of nitrogens with one attached hydrogen (secondary N) is 1. The van der Waals surface area contributed by atoms with E-state index in [-0.39, 0.29) is 11.7 Å². The van der Waals surface area contributed by atoms with E-state index in [1.54, 1.807) is 28.9 Å². The van der Waals surface area contributed by atoms with Gasteiger partial charge in [0, 0.05) is 12.1 Å². The molecule has 1 heterocycles. The molecule has 0 aliphatic carbocycles. The number of amides is 1. The molecule has 0 bridgehead atoms. The Balaban J connectivity index is 1.75. The number of rotatable bonds is 5. The van der Waals surface area contributed by atoms with Crippen LogP contribution in [0.5, 0.6) is 0 Å². The van der Waals surface area contributed by atoms with E-state index >= 15 is 0 Å². The van der Waals surface area contributed by atoms with E-state index in [0.717, 1.165) is 22.4 Å². The minimum absolute atomic E-state index is 0.270. The summed E-state index contributed by atoms with van der Waals surface area (Å²) in [5.41, 5.74) is 5.01. The lowest BCUT2D eigenvalue weighted by molar-refractivity contribution is 0.0943. The van der Waals surface area contributed by atoms with E-state index in [9.17, 15) is 9.18 Å². The van der Waals surface area contributed by atoms with Gasteiger partial charge in [0.1, 0.15) is 11.5 Å². The Bertz CT molecular complexity index is 1200. The quantitative estimate of drug-likeness (QED) is 0.500. The van der Waals surface area contributed by atoms with Crippen LogP contribution in [0.15, 0.2) is 78.9 Å². The molecular weight excluding hydrogens is 377 g/mol. The second-order valence-corrected chi connectivity index (χ2v) is 7.26. The third kappa shape index (κ3) is 4.01. The summed E-state index contributed by atoms with van der Waals surface area (Å²) < 4.78 is 16.0. The van der Waals surface area contributed by atoms with Crippen molar-refractivity contribution in [1.82, 2.24) is 15.1 Å². The molecule has 0 aliphatic rings. The minimum Gasteiger partial charge on any atom is -0.347 e. The fourth-order valence-electron chi connectivity index (χ4n) is 3.44. The second-order valence-electron chi connectivity index (χ2n) is 7.26. The van der Waals surface area contributed by atoms with Crippen LogP contribution in [0, 0.1) is 19.7 Å². The van der Waals surface area contributed by atoms with Crippen molar-refractivity contribution >= 4 is 5.91 Å². The normalized spacial score (nSPS) is 10.8. The Hall–Kier alpha value is -3.73. The highest BCUT2D eigenvalue weighted by atomic mass is 19.1. The van der Waals surface area contributed by atoms with Crippen molar-refractivity contribution in [3.05, 3.63) is 107 Å². The van der Waals surface area contributed by atoms with Gasteiger partial charge < -0.3 is 5.32 Å². The molecule has 0 atom stereocenters. The van der Waals surface area contributed by atoms with Crippen LogP contribution < -0.4 is 5.32 Å². The molecule has 0 saturated heterocycles. The van der Waals surface area contributed by atoms with E-state index in [1.807, 2.05) is 62.4 Å². The Kier molecular flexibility index (Phi) is 5.44. The highest BCUT2D eigenvalue weighted by molar-refractivity contribution is 5.94. The fourth-order valence-corrected chi connectivity index (χ4v) is 3.44. The smallest absolute Gasteiger partial charge is 0.270 e. The molecule has 1 amide bonds. The average Bonchev–Trinajstić information content (AvgIpc) is 3.18. The van der Waals surface area contributed by atoms with Crippen molar-refractivity contribution in [1.29, 1.82) is 0 Å². The predicted molar refractivity (Wildman–Crippen MR) is 116 cm³/mol. The minimum atomic E-state index is -0.376. The highest BCUT2D eigenvalue weighted by Gasteiger charge is 2.20. The van der Waals surface area contributed by atoms with Gasteiger partial charge in [0.05, 0.1) is 11.4 Å². The van der Waals surface area contributed by atoms with Gasteiger partial charge in [-0.1, -0.05) is 60.2 Å². The molecule has 0 aliphatic heterocycles. The molecule has 5 heteroatoms. The molecule has 150 valence electrons. The molecule has 3 aromatic carbocycles. The van der Waals surface area contributed by atoms with Crippen molar-refractivity contribution in [2.24, 2.45) is 0 Å². The first-order valence-corrected chi connectivity index (χ1v) is 9.77. The number of hydrogen-bond acceptors (Lipinski definition) is 2. The molecule has 30 heavy (non-hydrogen) atoms. The molecule has 4 aromatic rings. The number of halogens is 1. The summed E-state index contributed by atoms with van der Waals surface area (Å²) in [4.78, 5) is 13.1. The van der Waals surface area contributed by atoms with E-state index < -0.39 is 0 Å². The number of hydrogen-bond donors (Lipinski definition) is 1. The lowest BCUT2D eigenvalue weighted by Crippen LogP contribution is -2.25. The zero-order chi connectivity index (χ0) is 21.1. The standard InChI is InChI=1S/C25H22FN3O/c1-17-12-13-23(18(2)14-17)29-24(25(30)27-16-19-8-4-3-5-9-19)15-22(28-29)20-10-6-7-11-21(20)26/h3-15H,16H2,1-2H3,(H,27,30). The molecule has 0 unspecified atom stereocenters. The maximum absolute atomic E-state index is 14.4. The summed E-state index contributed by atoms with van der Waals surface area (Å²) in [6, 6.07) is 23.7. The fraction of sp³-hybridized carbons (Fsp3) is 0.120. The maximum atomic E-state index is 14.4. The van der Waals surface area contributed by atoms with Crippen molar-refractivity contribution in [2.75, 3.05) is 0 Å². The first kappa shape index (κ1) is 19.6. The lowest BCUT2D eigenvalue weighted by atomic mass is 10.1. The number of carbonyl (C=O) groups excluding carboxylic acids is 1. The summed E-state index contributed by atoms with van der Waals surface area (Å²) in [5.74, 6) is -0.645. The monoisotopic (exact) mass is 399 g/mol. The van der Waals surface area contributed by atoms with Crippen molar-refractivity contribution in [2.45, 2.75) is 20.4 Å². The zero-order valence-electron chi connectivity index (χ0n) is 16.9. The lowest BCUT2D eigenvalue weighted by Gasteiger charge is -2.11. The number of benzene rings is 3. The molecule has 0 saturated carbocycles. The summed E-state index contributed by atoms with van der Waals surface area (Å²) in [6.07, 6.45) is 0. The Morgan fingerprint density at radius 3 is 2.43 bits per heavy atom. The van der Waals surface area contributed by atoms with Crippen LogP contribution in [0.2, 0.25) is 0 Å². The Morgan fingerprint density at radius 2 is 1.70 bits per heavy atom. The summed E-state index contributed by atoms with van der Waals surface area (Å²) in [6.45, 7) is 4.38. The van der Waals surface area contributed by atoms with Crippen LogP contribution in [-0.4, -0.2) is 15.7 Å². The van der Waals surface area contributed by atoms with E-state index in [0.29, 0.717) is 23.5 Å². The SMILES string of the molecule is Cc1ccc(-n2nc(-c3ccccc3F)cc2C(=O)NCc2ccccc2)c(C)c1. The molecular formula is C25H22FN3O. The summed E-state index contributed by atoms with van der Waals surface area (Å²) >= 11 is 0. The molecule has 0 radical (unpaired) electrons. The summed E-state index contributed by atoms with van der Waals surface area (Å²) in [5, 5.41) is 7.54. The van der Waals surface area contributed by atoms with Gasteiger partial charge in [-0.3, -0.25) is 4.79 Å². The number of carbonyl (C=O) groups is 1. The maximum Gasteiger partial charge on any atom is 0.270 e. The number of nitrogens with zero attached hydrogens (tertiary/aromatic N) is 2. The van der Waals surface area contributed by atoms with Crippen LogP contribution in [-0.2, 0) is 6.54 Å². The average molecular weight is 399 g/mol. The summed E-state index contributed by atoms with van der Waals surface area (Å²) in [7, 11) is 0. The van der Waals surface area contributed by atoms with E-state index in [1.165, 1.54) is 6.07 Å². The molecule has 0 fully saturated rings. The first-order valence-electron chi connectivity index (χ1n) is 9.77. The van der Waals surface area contributed by atoms with Gasteiger partial charge in [0.15, 0.2) is 0 Å². The molecule has 4 nitrogen and oxygen atoms in total. The molecule has 1 N–H and O–H groups in total. The predicted octanol–water partition coefficient (Wildman–Crippen LogP) is 5.23. The second kappa shape index (κ2) is 8.33. The van der Waals surface area contributed by atoms with Crippen LogP contribution in [0.1, 0.15) is 27.2 Å². The molecule has 0 spiro atoms. The van der Waals surface area contributed by atoms with Crippen molar-refractivity contribution in [3.63, 3.8) is 0 Å². The number of aryl methyl sites for hydroxylation is 2. The topological polar surface area (TPSA) is 46.9 Å². The molecule has 1 aromatic heterocycles. The largest absolute Gasteiger partial charge is 0.347 e. The van der Waals surface area contributed by atoms with Gasteiger partial charge in [-0.05, 0) is 49.2 Å². The Morgan fingerprint density at radius 1 is 0.967 bits per heavy atom. The van der Waals surface area contributed by atoms with E-state index in [4.69, 9.17) is 0 Å². The van der Waals surface area contributed by atoms with Crippen molar-refractivity contribution < 1.29 is 9.18 Å².